The lowest BCUT2D eigenvalue weighted by atomic mass is 10.1. The second kappa shape index (κ2) is 7.63. The fraction of sp³-hybridized carbons (Fsp3) is 0.700. The minimum atomic E-state index is -0.778. The third-order valence-electron chi connectivity index (χ3n) is 1.96. The maximum atomic E-state index is 10.6. The fourth-order valence-electron chi connectivity index (χ4n) is 1.14. The average molecular weight is 183 g/mol. The van der Waals surface area contributed by atoms with Crippen molar-refractivity contribution in [3.63, 3.8) is 0 Å². The van der Waals surface area contributed by atoms with Crippen LogP contribution in [0.1, 0.15) is 32.1 Å². The largest absolute Gasteiger partial charge is 0.480 e. The van der Waals surface area contributed by atoms with Gasteiger partial charge in [0.2, 0.25) is 0 Å². The van der Waals surface area contributed by atoms with Crippen molar-refractivity contribution in [1.29, 1.82) is 0 Å². The molecular formula is C10H17NO2. The van der Waals surface area contributed by atoms with Crippen molar-refractivity contribution in [2.45, 2.75) is 38.1 Å². The predicted molar refractivity (Wildman–Crippen MR) is 52.4 cm³/mol. The molecule has 0 saturated heterocycles. The van der Waals surface area contributed by atoms with Gasteiger partial charge in [0.1, 0.15) is 6.04 Å². The first kappa shape index (κ1) is 12.0. The zero-order valence-corrected chi connectivity index (χ0v) is 8.05. The Bertz CT molecular complexity index is 184. The van der Waals surface area contributed by atoms with Gasteiger partial charge in [-0.15, -0.1) is 12.3 Å². The topological polar surface area (TPSA) is 49.3 Å². The van der Waals surface area contributed by atoms with Crippen LogP contribution in [0.4, 0.5) is 0 Å². The lowest BCUT2D eigenvalue weighted by Crippen LogP contribution is -2.33. The van der Waals surface area contributed by atoms with E-state index in [9.17, 15) is 4.79 Å². The monoisotopic (exact) mass is 183 g/mol. The van der Waals surface area contributed by atoms with Crippen molar-refractivity contribution in [2.24, 2.45) is 0 Å². The summed E-state index contributed by atoms with van der Waals surface area (Å²) in [7, 11) is 1.67. The maximum Gasteiger partial charge on any atom is 0.320 e. The highest BCUT2D eigenvalue weighted by Gasteiger charge is 2.12. The van der Waals surface area contributed by atoms with Crippen molar-refractivity contribution < 1.29 is 9.90 Å². The molecule has 3 heteroatoms. The number of carboxylic acids is 1. The van der Waals surface area contributed by atoms with Gasteiger partial charge in [0.25, 0.3) is 0 Å². The van der Waals surface area contributed by atoms with E-state index in [1.165, 1.54) is 0 Å². The van der Waals surface area contributed by atoms with Crippen LogP contribution in [0.3, 0.4) is 0 Å². The average Bonchev–Trinajstić information content (AvgIpc) is 2.10. The highest BCUT2D eigenvalue weighted by Crippen LogP contribution is 2.05. The Morgan fingerprint density at radius 1 is 1.54 bits per heavy atom. The minimum absolute atomic E-state index is 0.411. The number of unbranched alkanes of at least 4 members (excludes halogenated alkanes) is 3. The molecule has 0 aliphatic rings. The van der Waals surface area contributed by atoms with E-state index >= 15 is 0 Å². The van der Waals surface area contributed by atoms with E-state index in [0.717, 1.165) is 25.7 Å². The maximum absolute atomic E-state index is 10.6. The van der Waals surface area contributed by atoms with Gasteiger partial charge < -0.3 is 10.4 Å². The molecule has 1 unspecified atom stereocenters. The summed E-state index contributed by atoms with van der Waals surface area (Å²) in [5.74, 6) is 1.78. The molecule has 0 spiro atoms. The molecule has 13 heavy (non-hydrogen) atoms. The highest BCUT2D eigenvalue weighted by molar-refractivity contribution is 5.73. The molecule has 0 fully saturated rings. The number of carboxylic acid groups (broad SMARTS) is 1. The molecule has 0 aromatic heterocycles. The number of nitrogens with one attached hydrogen (secondary N) is 1. The number of hydrogen-bond acceptors (Lipinski definition) is 2. The van der Waals surface area contributed by atoms with E-state index < -0.39 is 12.0 Å². The summed E-state index contributed by atoms with van der Waals surface area (Å²) in [5, 5.41) is 11.4. The van der Waals surface area contributed by atoms with Crippen LogP contribution in [-0.2, 0) is 4.79 Å². The Hall–Kier alpha value is -1.01. The first-order valence-corrected chi connectivity index (χ1v) is 4.56. The SMILES string of the molecule is C#CCCCCCC(NC)C(=O)O. The molecule has 0 aromatic rings. The fourth-order valence-corrected chi connectivity index (χ4v) is 1.14. The molecule has 0 aliphatic carbocycles. The molecule has 0 amide bonds. The van der Waals surface area contributed by atoms with Crippen molar-refractivity contribution in [1.82, 2.24) is 5.32 Å². The minimum Gasteiger partial charge on any atom is -0.480 e. The van der Waals surface area contributed by atoms with E-state index in [0.29, 0.717) is 6.42 Å². The third kappa shape index (κ3) is 6.18. The zero-order chi connectivity index (χ0) is 10.1. The molecule has 0 aliphatic heterocycles. The zero-order valence-electron chi connectivity index (χ0n) is 8.05. The van der Waals surface area contributed by atoms with Crippen LogP contribution < -0.4 is 5.32 Å². The number of rotatable bonds is 7. The van der Waals surface area contributed by atoms with Gasteiger partial charge in [-0.3, -0.25) is 4.79 Å². The van der Waals surface area contributed by atoms with Crippen LogP contribution in [0.5, 0.6) is 0 Å². The van der Waals surface area contributed by atoms with Crippen LogP contribution in [0.25, 0.3) is 0 Å². The van der Waals surface area contributed by atoms with E-state index in [-0.39, 0.29) is 0 Å². The Morgan fingerprint density at radius 3 is 2.69 bits per heavy atom. The molecule has 0 aromatic carbocycles. The van der Waals surface area contributed by atoms with Crippen molar-refractivity contribution in [3.8, 4) is 12.3 Å². The van der Waals surface area contributed by atoms with Crippen molar-refractivity contribution in [2.75, 3.05) is 7.05 Å². The van der Waals surface area contributed by atoms with Gasteiger partial charge >= 0.3 is 5.97 Å². The lowest BCUT2D eigenvalue weighted by Gasteiger charge is -2.09. The summed E-state index contributed by atoms with van der Waals surface area (Å²) in [5.41, 5.74) is 0. The smallest absolute Gasteiger partial charge is 0.320 e. The number of carbonyl (C=O) groups is 1. The van der Waals surface area contributed by atoms with E-state index in [2.05, 4.69) is 11.2 Å². The lowest BCUT2D eigenvalue weighted by molar-refractivity contribution is -0.139. The van der Waals surface area contributed by atoms with Gasteiger partial charge in [-0.25, -0.2) is 0 Å². The summed E-state index contributed by atoms with van der Waals surface area (Å²) in [6.45, 7) is 0. The van der Waals surface area contributed by atoms with Gasteiger partial charge in [0, 0.05) is 6.42 Å². The molecule has 1 atom stereocenters. The molecule has 0 radical (unpaired) electrons. The number of aliphatic carboxylic acids is 1. The molecule has 3 nitrogen and oxygen atoms in total. The first-order chi connectivity index (χ1) is 6.22. The Morgan fingerprint density at radius 2 is 2.23 bits per heavy atom. The second-order valence-corrected chi connectivity index (χ2v) is 2.98. The predicted octanol–water partition coefficient (Wildman–Crippen LogP) is 1.24. The van der Waals surface area contributed by atoms with Crippen LogP contribution in [-0.4, -0.2) is 24.2 Å². The van der Waals surface area contributed by atoms with Gasteiger partial charge in [0.05, 0.1) is 0 Å². The van der Waals surface area contributed by atoms with E-state index in [4.69, 9.17) is 11.5 Å². The van der Waals surface area contributed by atoms with Crippen molar-refractivity contribution >= 4 is 5.97 Å². The molecule has 0 saturated carbocycles. The van der Waals surface area contributed by atoms with Crippen LogP contribution in [0, 0.1) is 12.3 Å². The number of hydrogen-bond donors (Lipinski definition) is 2. The van der Waals surface area contributed by atoms with Gasteiger partial charge in [-0.1, -0.05) is 12.8 Å². The molecule has 0 rings (SSSR count). The molecule has 74 valence electrons. The molecular weight excluding hydrogens is 166 g/mol. The standard InChI is InChI=1S/C10H17NO2/c1-3-4-5-6-7-8-9(11-2)10(12)13/h1,9,11H,4-8H2,2H3,(H,12,13). The summed E-state index contributed by atoms with van der Waals surface area (Å²) < 4.78 is 0. The van der Waals surface area contributed by atoms with Gasteiger partial charge in [0.15, 0.2) is 0 Å². The van der Waals surface area contributed by atoms with Crippen LogP contribution in [0.2, 0.25) is 0 Å². The summed E-state index contributed by atoms with van der Waals surface area (Å²) in [6, 6.07) is -0.411. The quantitative estimate of drug-likeness (QED) is 0.461. The van der Waals surface area contributed by atoms with Crippen LogP contribution >= 0.6 is 0 Å². The van der Waals surface area contributed by atoms with Gasteiger partial charge in [-0.2, -0.15) is 0 Å². The Labute approximate surface area is 79.5 Å². The summed E-state index contributed by atoms with van der Waals surface area (Å²) >= 11 is 0. The van der Waals surface area contributed by atoms with Crippen molar-refractivity contribution in [3.05, 3.63) is 0 Å². The highest BCUT2D eigenvalue weighted by atomic mass is 16.4. The third-order valence-corrected chi connectivity index (χ3v) is 1.96. The normalized spacial score (nSPS) is 12.0. The van der Waals surface area contributed by atoms with E-state index in [1.807, 2.05) is 0 Å². The second-order valence-electron chi connectivity index (χ2n) is 2.98. The first-order valence-electron chi connectivity index (χ1n) is 4.56. The molecule has 0 bridgehead atoms. The number of likely N-dealkylation sites (N-methyl/N-ethyl adjacent to an activating group) is 1. The molecule has 2 N–H and O–H groups in total. The molecule has 0 heterocycles. The Balaban J connectivity index is 3.40. The Kier molecular flexibility index (Phi) is 7.04. The van der Waals surface area contributed by atoms with E-state index in [1.54, 1.807) is 7.05 Å². The van der Waals surface area contributed by atoms with Gasteiger partial charge in [-0.05, 0) is 19.9 Å². The van der Waals surface area contributed by atoms with Crippen LogP contribution in [0.15, 0.2) is 0 Å². The number of terminal acetylenes is 1. The summed E-state index contributed by atoms with van der Waals surface area (Å²) in [4.78, 5) is 10.6. The summed E-state index contributed by atoms with van der Waals surface area (Å²) in [6.07, 6.45) is 9.47.